The average molecular weight is 396 g/mol. The van der Waals surface area contributed by atoms with Gasteiger partial charge in [0, 0.05) is 64.0 Å². The van der Waals surface area contributed by atoms with E-state index in [0.29, 0.717) is 45.8 Å². The van der Waals surface area contributed by atoms with Crippen molar-refractivity contribution >= 4 is 17.8 Å². The highest BCUT2D eigenvalue weighted by Crippen LogP contribution is 2.26. The first-order valence-electron chi connectivity index (χ1n) is 9.61. The molecule has 1 aromatic rings. The van der Waals surface area contributed by atoms with E-state index in [1.54, 1.807) is 4.90 Å². The van der Waals surface area contributed by atoms with Crippen molar-refractivity contribution in [1.82, 2.24) is 14.8 Å². The molecule has 28 heavy (non-hydrogen) atoms. The van der Waals surface area contributed by atoms with Gasteiger partial charge in [0.2, 0.25) is 5.91 Å². The number of aromatic nitrogens is 1. The Kier molecular flexibility index (Phi) is 6.43. The highest BCUT2D eigenvalue weighted by Gasteiger charge is 2.29. The van der Waals surface area contributed by atoms with Crippen LogP contribution >= 0.6 is 0 Å². The van der Waals surface area contributed by atoms with Crippen LogP contribution in [0.3, 0.4) is 0 Å². The number of rotatable bonds is 3. The number of ether oxygens (including phenoxy) is 1. The fourth-order valence-corrected chi connectivity index (χ4v) is 3.46. The molecule has 0 aliphatic carbocycles. The second-order valence-corrected chi connectivity index (χ2v) is 7.30. The highest BCUT2D eigenvalue weighted by atomic mass is 19.3. The summed E-state index contributed by atoms with van der Waals surface area (Å²) in [5.41, 5.74) is -0.206. The van der Waals surface area contributed by atoms with Crippen LogP contribution in [0.1, 0.15) is 31.7 Å². The Hall–Kier alpha value is -2.29. The first kappa shape index (κ1) is 20.4. The van der Waals surface area contributed by atoms with E-state index in [2.05, 4.69) is 10.3 Å². The van der Waals surface area contributed by atoms with Gasteiger partial charge in [-0.2, -0.15) is 0 Å². The quantitative estimate of drug-likeness (QED) is 0.853. The maximum Gasteiger partial charge on any atom is 0.323 e. The summed E-state index contributed by atoms with van der Waals surface area (Å²) >= 11 is 0. The molecular formula is C19H26F2N4O3. The number of pyridine rings is 1. The molecule has 0 aromatic carbocycles. The van der Waals surface area contributed by atoms with Gasteiger partial charge in [-0.05, 0) is 31.4 Å². The standard InChI is InChI=1S/C19H26F2N4O3/c1-19(20,21)15-3-4-16(22-13-15)23-18(27)25-8-2-7-24(9-10-25)17(26)14-5-11-28-12-6-14/h3-4,13-14H,2,5-12H2,1H3,(H,22,23,27). The van der Waals surface area contributed by atoms with Gasteiger partial charge in [-0.1, -0.05) is 0 Å². The normalized spacial score (nSPS) is 19.2. The molecule has 0 spiro atoms. The molecule has 2 saturated heterocycles. The Morgan fingerprint density at radius 1 is 1.14 bits per heavy atom. The highest BCUT2D eigenvalue weighted by molar-refractivity contribution is 5.88. The van der Waals surface area contributed by atoms with Crippen molar-refractivity contribution in [3.8, 4) is 0 Å². The third-order valence-electron chi connectivity index (χ3n) is 5.17. The van der Waals surface area contributed by atoms with Gasteiger partial charge < -0.3 is 14.5 Å². The zero-order valence-corrected chi connectivity index (χ0v) is 16.0. The summed E-state index contributed by atoms with van der Waals surface area (Å²) in [6.45, 7) is 4.09. The SMILES string of the molecule is CC(F)(F)c1ccc(NC(=O)N2CCCN(C(=O)C3CCOCC3)CC2)nc1. The molecule has 0 radical (unpaired) electrons. The van der Waals surface area contributed by atoms with Gasteiger partial charge in [-0.3, -0.25) is 10.1 Å². The Morgan fingerprint density at radius 3 is 2.46 bits per heavy atom. The van der Waals surface area contributed by atoms with Crippen molar-refractivity contribution in [3.05, 3.63) is 23.9 Å². The number of hydrogen-bond acceptors (Lipinski definition) is 4. The predicted molar refractivity (Wildman–Crippen MR) is 99.1 cm³/mol. The fourth-order valence-electron chi connectivity index (χ4n) is 3.46. The predicted octanol–water partition coefficient (Wildman–Crippen LogP) is 2.69. The molecule has 2 aliphatic heterocycles. The second-order valence-electron chi connectivity index (χ2n) is 7.30. The van der Waals surface area contributed by atoms with Gasteiger partial charge in [0.1, 0.15) is 5.82 Å². The number of amides is 3. The number of urea groups is 1. The minimum atomic E-state index is -2.97. The number of carbonyl (C=O) groups is 2. The third kappa shape index (κ3) is 5.15. The van der Waals surface area contributed by atoms with Gasteiger partial charge in [-0.25, -0.2) is 18.6 Å². The largest absolute Gasteiger partial charge is 0.381 e. The summed E-state index contributed by atoms with van der Waals surface area (Å²) in [5.74, 6) is -2.60. The first-order valence-corrected chi connectivity index (χ1v) is 9.61. The molecular weight excluding hydrogens is 370 g/mol. The lowest BCUT2D eigenvalue weighted by atomic mass is 9.98. The van der Waals surface area contributed by atoms with E-state index >= 15 is 0 Å². The molecule has 7 nitrogen and oxygen atoms in total. The van der Waals surface area contributed by atoms with E-state index in [-0.39, 0.29) is 29.2 Å². The van der Waals surface area contributed by atoms with Crippen molar-refractivity contribution in [2.45, 2.75) is 32.1 Å². The van der Waals surface area contributed by atoms with E-state index in [0.717, 1.165) is 26.0 Å². The molecule has 1 aromatic heterocycles. The summed E-state index contributed by atoms with van der Waals surface area (Å²) in [5, 5.41) is 2.64. The maximum atomic E-state index is 13.2. The molecule has 0 bridgehead atoms. The van der Waals surface area contributed by atoms with Crippen LogP contribution in [-0.4, -0.2) is 66.1 Å². The van der Waals surface area contributed by atoms with Crippen LogP contribution in [0.4, 0.5) is 19.4 Å². The molecule has 0 atom stereocenters. The van der Waals surface area contributed by atoms with Gasteiger partial charge in [0.05, 0.1) is 0 Å². The third-order valence-corrected chi connectivity index (χ3v) is 5.17. The minimum Gasteiger partial charge on any atom is -0.381 e. The van der Waals surface area contributed by atoms with Crippen molar-refractivity contribution < 1.29 is 23.1 Å². The van der Waals surface area contributed by atoms with Crippen molar-refractivity contribution in [3.63, 3.8) is 0 Å². The lowest BCUT2D eigenvalue weighted by molar-refractivity contribution is -0.138. The number of alkyl halides is 2. The van der Waals surface area contributed by atoms with Gasteiger partial charge in [-0.15, -0.1) is 0 Å². The number of halogens is 2. The van der Waals surface area contributed by atoms with E-state index in [1.807, 2.05) is 4.90 Å². The molecule has 0 saturated carbocycles. The monoisotopic (exact) mass is 396 g/mol. The van der Waals surface area contributed by atoms with Crippen LogP contribution < -0.4 is 5.32 Å². The average Bonchev–Trinajstić information content (AvgIpc) is 2.94. The van der Waals surface area contributed by atoms with Gasteiger partial charge >= 0.3 is 6.03 Å². The molecule has 3 heterocycles. The summed E-state index contributed by atoms with van der Waals surface area (Å²) in [6.07, 6.45) is 3.25. The minimum absolute atomic E-state index is 0.00790. The lowest BCUT2D eigenvalue weighted by Gasteiger charge is -2.28. The topological polar surface area (TPSA) is 74.8 Å². The molecule has 0 unspecified atom stereocenters. The maximum absolute atomic E-state index is 13.2. The van der Waals surface area contributed by atoms with Crippen LogP contribution in [0.15, 0.2) is 18.3 Å². The van der Waals surface area contributed by atoms with E-state index in [1.165, 1.54) is 12.1 Å². The zero-order chi connectivity index (χ0) is 20.1. The summed E-state index contributed by atoms with van der Waals surface area (Å²) in [7, 11) is 0. The van der Waals surface area contributed by atoms with Gasteiger partial charge in [0.25, 0.3) is 5.92 Å². The zero-order valence-electron chi connectivity index (χ0n) is 16.0. The second kappa shape index (κ2) is 8.81. The van der Waals surface area contributed by atoms with E-state index in [4.69, 9.17) is 4.74 Å². The summed E-state index contributed by atoms with van der Waals surface area (Å²) in [4.78, 5) is 32.5. The Labute approximate surface area is 163 Å². The Morgan fingerprint density at radius 2 is 1.82 bits per heavy atom. The van der Waals surface area contributed by atoms with Crippen LogP contribution in [0.5, 0.6) is 0 Å². The number of hydrogen-bond donors (Lipinski definition) is 1. The molecule has 3 rings (SSSR count). The van der Waals surface area contributed by atoms with Crippen molar-refractivity contribution in [2.75, 3.05) is 44.7 Å². The smallest absolute Gasteiger partial charge is 0.323 e. The molecule has 154 valence electrons. The molecule has 2 aliphatic rings. The number of carbonyl (C=O) groups excluding carboxylic acids is 2. The first-order chi connectivity index (χ1) is 13.3. The molecule has 2 fully saturated rings. The van der Waals surface area contributed by atoms with Crippen molar-refractivity contribution in [2.24, 2.45) is 5.92 Å². The van der Waals surface area contributed by atoms with Crippen LogP contribution in [-0.2, 0) is 15.5 Å². The van der Waals surface area contributed by atoms with E-state index in [9.17, 15) is 18.4 Å². The molecule has 3 amide bonds. The lowest BCUT2D eigenvalue weighted by Crippen LogP contribution is -2.42. The number of anilines is 1. The number of nitrogens with one attached hydrogen (secondary N) is 1. The fraction of sp³-hybridized carbons (Fsp3) is 0.632. The van der Waals surface area contributed by atoms with E-state index < -0.39 is 5.92 Å². The van der Waals surface area contributed by atoms with Crippen molar-refractivity contribution in [1.29, 1.82) is 0 Å². The van der Waals surface area contributed by atoms with Crippen LogP contribution in [0.25, 0.3) is 0 Å². The number of nitrogens with zero attached hydrogens (tertiary/aromatic N) is 3. The van der Waals surface area contributed by atoms with Crippen LogP contribution in [0.2, 0.25) is 0 Å². The summed E-state index contributed by atoms with van der Waals surface area (Å²) in [6, 6.07) is 2.27. The Bertz CT molecular complexity index is 687. The molecule has 1 N–H and O–H groups in total. The van der Waals surface area contributed by atoms with Crippen LogP contribution in [0, 0.1) is 5.92 Å². The summed E-state index contributed by atoms with van der Waals surface area (Å²) < 4.78 is 31.8. The Balaban J connectivity index is 1.53. The molecule has 9 heteroatoms. The van der Waals surface area contributed by atoms with Gasteiger partial charge in [0.15, 0.2) is 0 Å².